The molecular weight excluding hydrogens is 574 g/mol. The molecule has 3 aromatic rings. The van der Waals surface area contributed by atoms with Gasteiger partial charge in [0.15, 0.2) is 11.5 Å². The van der Waals surface area contributed by atoms with Crippen LogP contribution in [0.5, 0.6) is 17.2 Å². The Morgan fingerprint density at radius 3 is 2.09 bits per heavy atom. The summed E-state index contributed by atoms with van der Waals surface area (Å²) in [4.78, 5) is 31.0. The first-order valence-electron chi connectivity index (χ1n) is 15.0. The second-order valence-corrected chi connectivity index (χ2v) is 10.2. The molecule has 1 aliphatic rings. The molecule has 1 aromatic heterocycles. The molecule has 0 radical (unpaired) electrons. The summed E-state index contributed by atoms with van der Waals surface area (Å²) in [6, 6.07) is 11.7. The van der Waals surface area contributed by atoms with Crippen molar-refractivity contribution in [3.8, 4) is 17.2 Å². The van der Waals surface area contributed by atoms with Gasteiger partial charge in [0, 0.05) is 30.3 Å². The fraction of sp³-hybridized carbons (Fsp3) is 0.343. The molecule has 10 heteroatoms. The molecule has 1 atom stereocenters. The van der Waals surface area contributed by atoms with E-state index in [1.807, 2.05) is 61.9 Å². The van der Waals surface area contributed by atoms with E-state index in [1.165, 1.54) is 7.11 Å². The predicted octanol–water partition coefficient (Wildman–Crippen LogP) is 5.79. The third-order valence-corrected chi connectivity index (χ3v) is 7.18. The third-order valence-electron chi connectivity index (χ3n) is 7.18. The molecule has 0 saturated carbocycles. The van der Waals surface area contributed by atoms with Crippen molar-refractivity contribution in [3.05, 3.63) is 100 Å². The first-order valence-corrected chi connectivity index (χ1v) is 15.0. The Kier molecular flexibility index (Phi) is 11.4. The monoisotopic (exact) mass is 615 g/mol. The molecule has 0 bridgehead atoms. The van der Waals surface area contributed by atoms with E-state index in [4.69, 9.17) is 23.7 Å². The zero-order valence-corrected chi connectivity index (χ0v) is 26.7. The normalized spacial score (nSPS) is 14.8. The molecule has 45 heavy (non-hydrogen) atoms. The van der Waals surface area contributed by atoms with Crippen LogP contribution in [0, 0.1) is 0 Å². The number of esters is 2. The Labute approximate surface area is 264 Å². The minimum absolute atomic E-state index is 0.0348. The van der Waals surface area contributed by atoms with Crippen LogP contribution in [-0.4, -0.2) is 55.0 Å². The molecule has 1 unspecified atom stereocenters. The van der Waals surface area contributed by atoms with Gasteiger partial charge in [0.25, 0.3) is 0 Å². The Hall–Kier alpha value is -4.99. The average Bonchev–Trinajstić information content (AvgIpc) is 3.54. The van der Waals surface area contributed by atoms with E-state index in [-0.39, 0.29) is 17.8 Å². The average molecular weight is 616 g/mol. The van der Waals surface area contributed by atoms with Crippen LogP contribution in [0.1, 0.15) is 57.2 Å². The number of nitrogens with one attached hydrogen (secondary N) is 1. The fourth-order valence-electron chi connectivity index (χ4n) is 5.27. The first-order chi connectivity index (χ1) is 21.8. The second-order valence-electron chi connectivity index (χ2n) is 10.2. The summed E-state index contributed by atoms with van der Waals surface area (Å²) in [6.45, 7) is 11.1. The summed E-state index contributed by atoms with van der Waals surface area (Å²) in [5, 5.41) is 3.17. The largest absolute Gasteiger partial charge is 0.490 e. The van der Waals surface area contributed by atoms with Gasteiger partial charge < -0.3 is 33.6 Å². The van der Waals surface area contributed by atoms with Crippen molar-refractivity contribution in [1.29, 1.82) is 0 Å². The zero-order chi connectivity index (χ0) is 32.3. The van der Waals surface area contributed by atoms with Crippen LogP contribution in [0.4, 0.5) is 0 Å². The van der Waals surface area contributed by atoms with Crippen molar-refractivity contribution in [3.63, 3.8) is 0 Å². The van der Waals surface area contributed by atoms with E-state index in [2.05, 4.69) is 10.3 Å². The number of hydrogen-bond acceptors (Lipinski definition) is 9. The highest BCUT2D eigenvalue weighted by molar-refractivity contribution is 6.00. The molecular formula is C35H41N3O7. The maximum atomic E-state index is 13.7. The molecule has 0 aliphatic carbocycles. The molecule has 10 nitrogen and oxygen atoms in total. The van der Waals surface area contributed by atoms with Crippen molar-refractivity contribution >= 4 is 18.0 Å². The molecule has 0 amide bonds. The van der Waals surface area contributed by atoms with Crippen LogP contribution in [0.3, 0.4) is 0 Å². The topological polar surface area (TPSA) is 110 Å². The maximum absolute atomic E-state index is 13.7. The molecule has 0 saturated heterocycles. The van der Waals surface area contributed by atoms with Crippen LogP contribution in [0.15, 0.2) is 83.7 Å². The molecule has 0 fully saturated rings. The minimum atomic E-state index is -0.813. The lowest BCUT2D eigenvalue weighted by atomic mass is 9.80. The van der Waals surface area contributed by atoms with Crippen LogP contribution in [-0.2, 0) is 25.6 Å². The minimum Gasteiger partial charge on any atom is -0.490 e. The van der Waals surface area contributed by atoms with Gasteiger partial charge in [0.2, 0.25) is 5.75 Å². The number of aromatic nitrogens is 2. The summed E-state index contributed by atoms with van der Waals surface area (Å²) in [7, 11) is 1.31. The molecule has 1 aliphatic heterocycles. The molecule has 2 heterocycles. The first kappa shape index (κ1) is 32.9. The van der Waals surface area contributed by atoms with Gasteiger partial charge in [-0.1, -0.05) is 30.3 Å². The Morgan fingerprint density at radius 2 is 1.53 bits per heavy atom. The SMILES string of the molecule is CCOc1cc(C2C(C(=O)OC)=C(C)NC(C)=C2C(=O)OC/C=C/c2ccc(Cn3ccnc3)cc2)cc(OCC)c1OCC. The summed E-state index contributed by atoms with van der Waals surface area (Å²) in [5.41, 5.74) is 4.43. The quantitative estimate of drug-likeness (QED) is 0.225. The van der Waals surface area contributed by atoms with Crippen molar-refractivity contribution in [1.82, 2.24) is 14.9 Å². The lowest BCUT2D eigenvalue weighted by Crippen LogP contribution is -2.32. The van der Waals surface area contributed by atoms with E-state index >= 15 is 0 Å². The number of ether oxygens (including phenoxy) is 5. The Balaban J connectivity index is 1.61. The van der Waals surface area contributed by atoms with E-state index < -0.39 is 17.9 Å². The summed E-state index contributed by atoms with van der Waals surface area (Å²) in [6.07, 6.45) is 9.13. The highest BCUT2D eigenvalue weighted by Gasteiger charge is 2.39. The summed E-state index contributed by atoms with van der Waals surface area (Å²) >= 11 is 0. The van der Waals surface area contributed by atoms with Gasteiger partial charge in [0.1, 0.15) is 6.61 Å². The van der Waals surface area contributed by atoms with Gasteiger partial charge in [0.05, 0.1) is 50.3 Å². The number of carbonyl (C=O) groups is 2. The Bertz CT molecular complexity index is 1540. The number of carbonyl (C=O) groups excluding carboxylic acids is 2. The van der Waals surface area contributed by atoms with Gasteiger partial charge in [-0.05, 0) is 69.5 Å². The standard InChI is InChI=1S/C35H41N3O7/c1-7-42-28-19-27(20-29(43-8-2)33(28)44-9-3)32-30(34(39)41-6)23(4)37-24(5)31(32)35(40)45-18-10-11-25-12-14-26(15-13-25)21-38-17-16-36-22-38/h10-17,19-20,22,32,37H,7-9,18,21H2,1-6H3/b11-10+. The van der Waals surface area contributed by atoms with E-state index in [1.54, 1.807) is 44.6 Å². The van der Waals surface area contributed by atoms with Crippen LogP contribution < -0.4 is 19.5 Å². The summed E-state index contributed by atoms with van der Waals surface area (Å²) in [5.74, 6) is -0.584. The van der Waals surface area contributed by atoms with Crippen LogP contribution >= 0.6 is 0 Å². The molecule has 238 valence electrons. The van der Waals surface area contributed by atoms with Crippen LogP contribution in [0.2, 0.25) is 0 Å². The van der Waals surface area contributed by atoms with Gasteiger partial charge in [-0.3, -0.25) is 0 Å². The van der Waals surface area contributed by atoms with E-state index in [9.17, 15) is 9.59 Å². The number of imidazole rings is 1. The molecule has 2 aromatic carbocycles. The van der Waals surface area contributed by atoms with Crippen LogP contribution in [0.25, 0.3) is 6.08 Å². The highest BCUT2D eigenvalue weighted by atomic mass is 16.5. The lowest BCUT2D eigenvalue weighted by Gasteiger charge is -2.31. The number of methoxy groups -OCH3 is 1. The summed E-state index contributed by atoms with van der Waals surface area (Å²) < 4.78 is 30.7. The predicted molar refractivity (Wildman–Crippen MR) is 171 cm³/mol. The van der Waals surface area contributed by atoms with E-state index in [0.717, 1.165) is 17.7 Å². The lowest BCUT2D eigenvalue weighted by molar-refractivity contribution is -0.138. The zero-order valence-electron chi connectivity index (χ0n) is 26.7. The Morgan fingerprint density at radius 1 is 0.911 bits per heavy atom. The molecule has 0 spiro atoms. The third kappa shape index (κ3) is 7.94. The highest BCUT2D eigenvalue weighted by Crippen LogP contribution is 2.46. The van der Waals surface area contributed by atoms with Gasteiger partial charge in [-0.2, -0.15) is 0 Å². The number of hydrogen-bond donors (Lipinski definition) is 1. The van der Waals surface area contributed by atoms with Gasteiger partial charge in [-0.15, -0.1) is 0 Å². The number of nitrogens with zero attached hydrogens (tertiary/aromatic N) is 2. The number of dihydropyridines is 1. The van der Waals surface area contributed by atoms with E-state index in [0.29, 0.717) is 54.0 Å². The van der Waals surface area contributed by atoms with Crippen molar-refractivity contribution < 1.29 is 33.3 Å². The van der Waals surface area contributed by atoms with Gasteiger partial charge in [-0.25, -0.2) is 14.6 Å². The van der Waals surface area contributed by atoms with Gasteiger partial charge >= 0.3 is 11.9 Å². The number of rotatable bonds is 14. The maximum Gasteiger partial charge on any atom is 0.337 e. The van der Waals surface area contributed by atoms with Crippen molar-refractivity contribution in [2.75, 3.05) is 33.5 Å². The second kappa shape index (κ2) is 15.7. The smallest absolute Gasteiger partial charge is 0.337 e. The molecule has 4 rings (SSSR count). The molecule has 1 N–H and O–H groups in total. The van der Waals surface area contributed by atoms with Crippen molar-refractivity contribution in [2.45, 2.75) is 47.1 Å². The number of allylic oxidation sites excluding steroid dienone is 2. The fourth-order valence-corrected chi connectivity index (χ4v) is 5.27. The van der Waals surface area contributed by atoms with Crippen molar-refractivity contribution in [2.24, 2.45) is 0 Å². The number of benzene rings is 2.